The van der Waals surface area contributed by atoms with Gasteiger partial charge in [0, 0.05) is 25.7 Å². The number of benzene rings is 1. The minimum absolute atomic E-state index is 0.0103. The van der Waals surface area contributed by atoms with Gasteiger partial charge < -0.3 is 23.2 Å². The third kappa shape index (κ3) is 4.30. The van der Waals surface area contributed by atoms with E-state index in [0.717, 1.165) is 6.07 Å². The zero-order valence-electron chi connectivity index (χ0n) is 14.0. The SMILES string of the molecule is COCOc1cc2c(c(OS(=O)(=O)C(F)(F)F)c1)/C(=N\OC)CC(C)O2. The minimum atomic E-state index is -5.91. The van der Waals surface area contributed by atoms with Crippen LogP contribution in [0, 0.1) is 0 Å². The average molecular weight is 399 g/mol. The van der Waals surface area contributed by atoms with Gasteiger partial charge in [-0.3, -0.25) is 0 Å². The summed E-state index contributed by atoms with van der Waals surface area (Å²) in [6.07, 6.45) is -0.220. The summed E-state index contributed by atoms with van der Waals surface area (Å²) in [7, 11) is -3.33. The van der Waals surface area contributed by atoms with Crippen molar-refractivity contribution in [3.63, 3.8) is 0 Å². The van der Waals surface area contributed by atoms with Gasteiger partial charge in [-0.2, -0.15) is 21.6 Å². The molecule has 0 saturated carbocycles. The van der Waals surface area contributed by atoms with Gasteiger partial charge in [0.05, 0.1) is 11.3 Å². The number of ether oxygens (including phenoxy) is 3. The van der Waals surface area contributed by atoms with Crippen molar-refractivity contribution >= 4 is 15.8 Å². The molecule has 1 atom stereocenters. The lowest BCUT2D eigenvalue weighted by molar-refractivity contribution is -0.0500. The normalized spacial score (nSPS) is 18.8. The van der Waals surface area contributed by atoms with E-state index >= 15 is 0 Å². The number of halogens is 3. The number of oxime groups is 1. The van der Waals surface area contributed by atoms with Gasteiger partial charge in [0.1, 0.15) is 24.7 Å². The highest BCUT2D eigenvalue weighted by Gasteiger charge is 2.49. The molecule has 0 saturated heterocycles. The fraction of sp³-hybridized carbons (Fsp3) is 0.500. The summed E-state index contributed by atoms with van der Waals surface area (Å²) in [6, 6.07) is 2.34. The van der Waals surface area contributed by atoms with Crippen LogP contribution in [0.4, 0.5) is 13.2 Å². The molecule has 1 unspecified atom stereocenters. The lowest BCUT2D eigenvalue weighted by Gasteiger charge is -2.26. The second kappa shape index (κ2) is 7.58. The average Bonchev–Trinajstić information content (AvgIpc) is 2.51. The highest BCUT2D eigenvalue weighted by Crippen LogP contribution is 2.41. The standard InChI is InChI=1S/C14H16F3NO7S/c1-8-4-10(18-22-3)13-11(24-8)5-9(23-7-21-2)6-12(13)25-26(19,20)14(15,16)17/h5-6,8H,4,7H2,1-3H3/b18-10-. The number of fused-ring (bicyclic) bond motifs is 1. The molecule has 146 valence electrons. The number of nitrogens with zero attached hydrogens (tertiary/aromatic N) is 1. The summed E-state index contributed by atoms with van der Waals surface area (Å²) in [5, 5.41) is 3.74. The third-order valence-corrected chi connectivity index (χ3v) is 4.13. The van der Waals surface area contributed by atoms with E-state index in [9.17, 15) is 21.6 Å². The van der Waals surface area contributed by atoms with Crippen molar-refractivity contribution in [3.05, 3.63) is 17.7 Å². The van der Waals surface area contributed by atoms with E-state index < -0.39 is 21.4 Å². The summed E-state index contributed by atoms with van der Waals surface area (Å²) < 4.78 is 80.8. The van der Waals surface area contributed by atoms with Crippen LogP contribution in [0.25, 0.3) is 0 Å². The van der Waals surface area contributed by atoms with Crippen molar-refractivity contribution < 1.29 is 44.8 Å². The highest BCUT2D eigenvalue weighted by molar-refractivity contribution is 7.88. The number of methoxy groups -OCH3 is 1. The Hall–Kier alpha value is -2.21. The topological polar surface area (TPSA) is 92.7 Å². The predicted octanol–water partition coefficient (Wildman–Crippen LogP) is 2.42. The maximum absolute atomic E-state index is 12.7. The Kier molecular flexibility index (Phi) is 5.86. The molecule has 12 heteroatoms. The second-order valence-corrected chi connectivity index (χ2v) is 6.72. The van der Waals surface area contributed by atoms with Gasteiger partial charge in [-0.1, -0.05) is 5.16 Å². The maximum Gasteiger partial charge on any atom is 0.534 e. The number of hydrogen-bond donors (Lipinski definition) is 0. The summed E-state index contributed by atoms with van der Waals surface area (Å²) in [6.45, 7) is 1.47. The molecule has 0 aromatic heterocycles. The Balaban J connectivity index is 2.60. The summed E-state index contributed by atoms with van der Waals surface area (Å²) in [4.78, 5) is 4.69. The largest absolute Gasteiger partial charge is 0.534 e. The van der Waals surface area contributed by atoms with Gasteiger partial charge >= 0.3 is 15.6 Å². The molecular weight excluding hydrogens is 383 g/mol. The number of hydrogen-bond acceptors (Lipinski definition) is 8. The summed E-state index contributed by atoms with van der Waals surface area (Å²) in [5.74, 6) is -0.613. The molecule has 0 spiro atoms. The molecular formula is C14H16F3NO7S. The number of rotatable bonds is 6. The van der Waals surface area contributed by atoms with Crippen molar-refractivity contribution in [1.82, 2.24) is 0 Å². The minimum Gasteiger partial charge on any atom is -0.489 e. The Morgan fingerprint density at radius 3 is 2.58 bits per heavy atom. The molecule has 0 N–H and O–H groups in total. The third-order valence-electron chi connectivity index (χ3n) is 3.16. The molecule has 1 aromatic carbocycles. The lowest BCUT2D eigenvalue weighted by Crippen LogP contribution is -2.30. The van der Waals surface area contributed by atoms with Crippen LogP contribution in [0.1, 0.15) is 18.9 Å². The van der Waals surface area contributed by atoms with Crippen molar-refractivity contribution in [2.45, 2.75) is 25.0 Å². The van der Waals surface area contributed by atoms with E-state index in [1.807, 2.05) is 0 Å². The molecule has 0 aliphatic carbocycles. The molecule has 0 fully saturated rings. The summed E-state index contributed by atoms with van der Waals surface area (Å²) >= 11 is 0. The van der Waals surface area contributed by atoms with Crippen LogP contribution >= 0.6 is 0 Å². The zero-order valence-corrected chi connectivity index (χ0v) is 14.8. The van der Waals surface area contributed by atoms with Gasteiger partial charge in [0.25, 0.3) is 0 Å². The Labute approximate surface area is 147 Å². The lowest BCUT2D eigenvalue weighted by atomic mass is 9.99. The highest BCUT2D eigenvalue weighted by atomic mass is 32.2. The monoisotopic (exact) mass is 399 g/mol. The van der Waals surface area contributed by atoms with Gasteiger partial charge in [-0.05, 0) is 6.92 Å². The van der Waals surface area contributed by atoms with Gasteiger partial charge in [-0.25, -0.2) is 0 Å². The number of alkyl halides is 3. The van der Waals surface area contributed by atoms with Crippen molar-refractivity contribution in [1.29, 1.82) is 0 Å². The molecule has 2 rings (SSSR count). The van der Waals surface area contributed by atoms with E-state index in [-0.39, 0.29) is 42.1 Å². The van der Waals surface area contributed by atoms with Crippen LogP contribution in [0.5, 0.6) is 17.2 Å². The first-order valence-electron chi connectivity index (χ1n) is 7.16. The van der Waals surface area contributed by atoms with E-state index in [2.05, 4.69) is 14.2 Å². The first-order valence-corrected chi connectivity index (χ1v) is 8.57. The van der Waals surface area contributed by atoms with Gasteiger partial charge in [0.2, 0.25) is 0 Å². The van der Waals surface area contributed by atoms with Crippen LogP contribution in [-0.4, -0.2) is 46.8 Å². The quantitative estimate of drug-likeness (QED) is 0.314. The summed E-state index contributed by atoms with van der Waals surface area (Å²) in [5.41, 5.74) is -5.50. The Morgan fingerprint density at radius 2 is 2.00 bits per heavy atom. The van der Waals surface area contributed by atoms with Crippen molar-refractivity contribution in [2.75, 3.05) is 21.0 Å². The van der Waals surface area contributed by atoms with E-state index in [0.29, 0.717) is 0 Å². The zero-order chi connectivity index (χ0) is 19.5. The molecule has 1 heterocycles. The van der Waals surface area contributed by atoms with Crippen molar-refractivity contribution in [3.8, 4) is 17.2 Å². The molecule has 1 aromatic rings. The molecule has 0 amide bonds. The van der Waals surface area contributed by atoms with Gasteiger partial charge in [-0.15, -0.1) is 0 Å². The van der Waals surface area contributed by atoms with Crippen LogP contribution < -0.4 is 13.7 Å². The van der Waals surface area contributed by atoms with Gasteiger partial charge in [0.15, 0.2) is 12.5 Å². The molecule has 26 heavy (non-hydrogen) atoms. The van der Waals surface area contributed by atoms with E-state index in [1.165, 1.54) is 20.3 Å². The van der Waals surface area contributed by atoms with E-state index in [1.54, 1.807) is 6.92 Å². The predicted molar refractivity (Wildman–Crippen MR) is 82.8 cm³/mol. The fourth-order valence-corrected chi connectivity index (χ4v) is 2.67. The van der Waals surface area contributed by atoms with Crippen LogP contribution in [-0.2, 0) is 19.7 Å². The van der Waals surface area contributed by atoms with Crippen LogP contribution in [0.3, 0.4) is 0 Å². The molecule has 0 bridgehead atoms. The molecule has 1 aliphatic rings. The Morgan fingerprint density at radius 1 is 1.31 bits per heavy atom. The Bertz CT molecular complexity index is 792. The van der Waals surface area contributed by atoms with Crippen LogP contribution in [0.2, 0.25) is 0 Å². The second-order valence-electron chi connectivity index (χ2n) is 5.18. The fourth-order valence-electron chi connectivity index (χ4n) is 2.21. The first kappa shape index (κ1) is 20.1. The first-order chi connectivity index (χ1) is 12.1. The smallest absolute Gasteiger partial charge is 0.489 e. The molecule has 1 aliphatic heterocycles. The van der Waals surface area contributed by atoms with Crippen molar-refractivity contribution in [2.24, 2.45) is 5.16 Å². The molecule has 0 radical (unpaired) electrons. The maximum atomic E-state index is 12.7. The molecule has 8 nitrogen and oxygen atoms in total. The van der Waals surface area contributed by atoms with Crippen LogP contribution in [0.15, 0.2) is 17.3 Å². The van der Waals surface area contributed by atoms with E-state index in [4.69, 9.17) is 14.2 Å².